The maximum Gasteiger partial charge on any atom is 0.262 e. The van der Waals surface area contributed by atoms with Crippen LogP contribution in [0.2, 0.25) is 0 Å². The van der Waals surface area contributed by atoms with Crippen molar-refractivity contribution in [3.05, 3.63) is 46.8 Å². The van der Waals surface area contributed by atoms with Crippen molar-refractivity contribution in [2.24, 2.45) is 0 Å². The first-order valence-corrected chi connectivity index (χ1v) is 8.76. The van der Waals surface area contributed by atoms with E-state index >= 15 is 0 Å². The second kappa shape index (κ2) is 7.32. The number of aliphatic hydroxyl groups is 1. The van der Waals surface area contributed by atoms with Gasteiger partial charge in [0.25, 0.3) is 5.56 Å². The molecule has 0 saturated heterocycles. The van der Waals surface area contributed by atoms with Gasteiger partial charge in [-0.2, -0.15) is 0 Å². The standard InChI is InChI=1S/C19H24N6O2/c1-12-9-14(21-11-20-12)22-15-10-13-5-6-25(7-8-26)18(27)16(13)17(23-15)24-19(2,3)4/h5-6,9-11,26H,7-8H2,1-4H3,(H2,20,21,22,23,24). The van der Waals surface area contributed by atoms with Crippen molar-refractivity contribution in [3.8, 4) is 0 Å². The molecule has 0 saturated carbocycles. The minimum atomic E-state index is -0.284. The highest BCUT2D eigenvalue weighted by Gasteiger charge is 2.17. The van der Waals surface area contributed by atoms with E-state index in [4.69, 9.17) is 0 Å². The third-order valence-corrected chi connectivity index (χ3v) is 3.85. The second-order valence-corrected chi connectivity index (χ2v) is 7.40. The quantitative estimate of drug-likeness (QED) is 0.635. The topological polar surface area (TPSA) is 105 Å². The summed E-state index contributed by atoms with van der Waals surface area (Å²) in [6.07, 6.45) is 3.17. The number of hydrogen-bond donors (Lipinski definition) is 3. The molecule has 0 radical (unpaired) electrons. The van der Waals surface area contributed by atoms with Crippen LogP contribution in [-0.2, 0) is 6.54 Å². The number of pyridine rings is 2. The van der Waals surface area contributed by atoms with Gasteiger partial charge in [0.05, 0.1) is 12.0 Å². The summed E-state index contributed by atoms with van der Waals surface area (Å²) in [4.78, 5) is 25.8. The molecule has 0 bridgehead atoms. The number of rotatable bonds is 5. The molecule has 0 spiro atoms. The fraction of sp³-hybridized carbons (Fsp3) is 0.368. The molecule has 0 fully saturated rings. The van der Waals surface area contributed by atoms with E-state index in [0.29, 0.717) is 22.8 Å². The van der Waals surface area contributed by atoms with Gasteiger partial charge in [0.2, 0.25) is 0 Å². The molecule has 0 aliphatic carbocycles. The SMILES string of the molecule is Cc1cc(Nc2cc3ccn(CCO)c(=O)c3c(NC(C)(C)C)n2)ncn1. The average molecular weight is 368 g/mol. The predicted molar refractivity (Wildman–Crippen MR) is 107 cm³/mol. The fourth-order valence-electron chi connectivity index (χ4n) is 2.75. The molecule has 8 nitrogen and oxygen atoms in total. The molecule has 3 rings (SSSR count). The minimum absolute atomic E-state index is 0.104. The van der Waals surface area contributed by atoms with E-state index in [1.54, 1.807) is 6.20 Å². The van der Waals surface area contributed by atoms with E-state index in [9.17, 15) is 9.90 Å². The summed E-state index contributed by atoms with van der Waals surface area (Å²) in [7, 11) is 0. The highest BCUT2D eigenvalue weighted by Crippen LogP contribution is 2.26. The number of nitrogens with zero attached hydrogens (tertiary/aromatic N) is 4. The van der Waals surface area contributed by atoms with Gasteiger partial charge in [-0.25, -0.2) is 15.0 Å². The molecule has 3 aromatic heterocycles. The van der Waals surface area contributed by atoms with Gasteiger partial charge in [0.1, 0.15) is 23.8 Å². The van der Waals surface area contributed by atoms with E-state index < -0.39 is 0 Å². The Morgan fingerprint density at radius 1 is 1.19 bits per heavy atom. The van der Waals surface area contributed by atoms with Gasteiger partial charge < -0.3 is 20.3 Å². The summed E-state index contributed by atoms with van der Waals surface area (Å²) < 4.78 is 1.48. The maximum absolute atomic E-state index is 12.9. The van der Waals surface area contributed by atoms with Gasteiger partial charge in [-0.3, -0.25) is 4.79 Å². The largest absolute Gasteiger partial charge is 0.395 e. The lowest BCUT2D eigenvalue weighted by molar-refractivity contribution is 0.274. The van der Waals surface area contributed by atoms with Crippen molar-refractivity contribution in [3.63, 3.8) is 0 Å². The maximum atomic E-state index is 12.9. The van der Waals surface area contributed by atoms with Crippen molar-refractivity contribution in [1.29, 1.82) is 0 Å². The summed E-state index contributed by atoms with van der Waals surface area (Å²) >= 11 is 0. The molecule has 3 N–H and O–H groups in total. The zero-order valence-corrected chi connectivity index (χ0v) is 15.9. The van der Waals surface area contributed by atoms with Crippen molar-refractivity contribution in [2.45, 2.75) is 39.8 Å². The molecule has 27 heavy (non-hydrogen) atoms. The Labute approximate surface area is 157 Å². The highest BCUT2D eigenvalue weighted by atomic mass is 16.3. The first kappa shape index (κ1) is 18.8. The first-order chi connectivity index (χ1) is 12.8. The lowest BCUT2D eigenvalue weighted by atomic mass is 10.1. The van der Waals surface area contributed by atoms with Gasteiger partial charge in [-0.05, 0) is 45.2 Å². The van der Waals surface area contributed by atoms with Crippen molar-refractivity contribution in [2.75, 3.05) is 17.2 Å². The third kappa shape index (κ3) is 4.40. The molecule has 3 aromatic rings. The van der Waals surface area contributed by atoms with E-state index in [1.165, 1.54) is 10.9 Å². The molecule has 0 aliphatic heterocycles. The number of aliphatic hydroxyl groups excluding tert-OH is 1. The lowest BCUT2D eigenvalue weighted by Crippen LogP contribution is -2.29. The molecule has 142 valence electrons. The van der Waals surface area contributed by atoms with Crippen LogP contribution in [0.25, 0.3) is 10.8 Å². The third-order valence-electron chi connectivity index (χ3n) is 3.85. The van der Waals surface area contributed by atoms with Gasteiger partial charge in [0.15, 0.2) is 0 Å². The zero-order valence-electron chi connectivity index (χ0n) is 15.9. The van der Waals surface area contributed by atoms with Crippen LogP contribution in [0.3, 0.4) is 0 Å². The molecule has 0 aliphatic rings. The highest BCUT2D eigenvalue weighted by molar-refractivity contribution is 5.93. The number of aromatic nitrogens is 4. The Balaban J connectivity index is 2.14. The van der Waals surface area contributed by atoms with Gasteiger partial charge in [0, 0.05) is 30.0 Å². The average Bonchev–Trinajstić information content (AvgIpc) is 2.56. The number of hydrogen-bond acceptors (Lipinski definition) is 7. The normalized spacial score (nSPS) is 11.6. The van der Waals surface area contributed by atoms with E-state index in [-0.39, 0.29) is 24.2 Å². The van der Waals surface area contributed by atoms with Crippen molar-refractivity contribution < 1.29 is 5.11 Å². The van der Waals surface area contributed by atoms with Gasteiger partial charge in [-0.1, -0.05) is 0 Å². The Kier molecular flexibility index (Phi) is 5.09. The zero-order chi connectivity index (χ0) is 19.6. The fourth-order valence-corrected chi connectivity index (χ4v) is 2.75. The Morgan fingerprint density at radius 2 is 1.96 bits per heavy atom. The van der Waals surface area contributed by atoms with Crippen LogP contribution in [-0.4, -0.2) is 36.8 Å². The molecular weight excluding hydrogens is 344 g/mol. The molecule has 0 aromatic carbocycles. The van der Waals surface area contributed by atoms with E-state index in [2.05, 4.69) is 25.6 Å². The molecule has 0 atom stereocenters. The predicted octanol–water partition coefficient (Wildman–Crippen LogP) is 2.44. The molecule has 3 heterocycles. The lowest BCUT2D eigenvalue weighted by Gasteiger charge is -2.23. The Hall–Kier alpha value is -3.00. The van der Waals surface area contributed by atoms with Crippen LogP contribution in [0.5, 0.6) is 0 Å². The summed E-state index contributed by atoms with van der Waals surface area (Å²) in [6.45, 7) is 8.03. The van der Waals surface area contributed by atoms with E-state index in [0.717, 1.165) is 11.1 Å². The van der Waals surface area contributed by atoms with Crippen molar-refractivity contribution in [1.82, 2.24) is 19.5 Å². The summed E-state index contributed by atoms with van der Waals surface area (Å²) in [5.74, 6) is 1.70. The van der Waals surface area contributed by atoms with Crippen LogP contribution in [0.4, 0.5) is 17.5 Å². The molecule has 0 unspecified atom stereocenters. The number of aryl methyl sites for hydroxylation is 1. The Morgan fingerprint density at radius 3 is 2.63 bits per heavy atom. The summed E-state index contributed by atoms with van der Waals surface area (Å²) in [6, 6.07) is 5.48. The van der Waals surface area contributed by atoms with E-state index in [1.807, 2.05) is 45.9 Å². The minimum Gasteiger partial charge on any atom is -0.395 e. The first-order valence-electron chi connectivity index (χ1n) is 8.76. The van der Waals surface area contributed by atoms with Crippen LogP contribution in [0, 0.1) is 6.92 Å². The van der Waals surface area contributed by atoms with Crippen molar-refractivity contribution >= 4 is 28.2 Å². The number of anilines is 3. The van der Waals surface area contributed by atoms with Crippen LogP contribution >= 0.6 is 0 Å². The smallest absolute Gasteiger partial charge is 0.262 e. The van der Waals surface area contributed by atoms with Crippen LogP contribution in [0.15, 0.2) is 35.5 Å². The van der Waals surface area contributed by atoms with Crippen LogP contribution < -0.4 is 16.2 Å². The summed E-state index contributed by atoms with van der Waals surface area (Å²) in [5.41, 5.74) is 0.368. The monoisotopic (exact) mass is 368 g/mol. The summed E-state index contributed by atoms with van der Waals surface area (Å²) in [5, 5.41) is 16.9. The molecule has 0 amide bonds. The van der Waals surface area contributed by atoms with Gasteiger partial charge in [-0.15, -0.1) is 0 Å². The van der Waals surface area contributed by atoms with Gasteiger partial charge >= 0.3 is 0 Å². The Bertz CT molecular complexity index is 1020. The number of nitrogens with one attached hydrogen (secondary N) is 2. The van der Waals surface area contributed by atoms with Crippen LogP contribution in [0.1, 0.15) is 26.5 Å². The second-order valence-electron chi connectivity index (χ2n) is 7.40. The number of fused-ring (bicyclic) bond motifs is 1. The molecular formula is C19H24N6O2. The molecule has 8 heteroatoms.